The molecule has 0 saturated carbocycles. The van der Waals surface area contributed by atoms with Gasteiger partial charge >= 0.3 is 0 Å². The number of rotatable bonds is 1. The molecule has 0 atom stereocenters. The molecule has 0 spiro atoms. The number of fused-ring (bicyclic) bond motifs is 1. The maximum absolute atomic E-state index is 5.70. The average molecular weight is 198 g/mol. The molecule has 2 aromatic heterocycles. The number of furan rings is 1. The van der Waals surface area contributed by atoms with Gasteiger partial charge in [0, 0.05) is 5.39 Å². The third-order valence-corrected chi connectivity index (χ3v) is 2.39. The molecule has 0 unspecified atom stereocenters. The molecule has 3 heteroatoms. The minimum Gasteiger partial charge on any atom is -0.454 e. The maximum Gasteiger partial charge on any atom is 0.153 e. The smallest absolute Gasteiger partial charge is 0.153 e. The van der Waals surface area contributed by atoms with Crippen LogP contribution >= 0.6 is 0 Å². The first kappa shape index (κ1) is 8.29. The first-order chi connectivity index (χ1) is 7.33. The van der Waals surface area contributed by atoms with Crippen LogP contribution in [0.5, 0.6) is 0 Å². The van der Waals surface area contributed by atoms with Gasteiger partial charge in [-0.25, -0.2) is 4.98 Å². The topological polar surface area (TPSA) is 41.8 Å². The highest BCUT2D eigenvalue weighted by Crippen LogP contribution is 2.26. The van der Waals surface area contributed by atoms with Crippen molar-refractivity contribution in [2.45, 2.75) is 6.92 Å². The molecule has 0 saturated heterocycles. The Hall–Kier alpha value is -2.03. The monoisotopic (exact) mass is 198 g/mol. The summed E-state index contributed by atoms with van der Waals surface area (Å²) in [5.41, 5.74) is 1.82. The number of para-hydroxylation sites is 1. The number of aromatic amines is 1. The van der Waals surface area contributed by atoms with Crippen LogP contribution in [0, 0.1) is 6.92 Å². The van der Waals surface area contributed by atoms with Crippen molar-refractivity contribution >= 4 is 11.0 Å². The molecule has 3 rings (SSSR count). The first-order valence-electron chi connectivity index (χ1n) is 4.83. The number of hydrogen-bond acceptors (Lipinski definition) is 2. The molecule has 1 N–H and O–H groups in total. The van der Waals surface area contributed by atoms with Gasteiger partial charge in [0.05, 0.1) is 6.20 Å². The van der Waals surface area contributed by atoms with Gasteiger partial charge in [-0.05, 0) is 19.1 Å². The summed E-state index contributed by atoms with van der Waals surface area (Å²) in [4.78, 5) is 7.30. The van der Waals surface area contributed by atoms with E-state index in [0.717, 1.165) is 28.2 Å². The van der Waals surface area contributed by atoms with E-state index in [1.807, 2.05) is 37.3 Å². The van der Waals surface area contributed by atoms with Crippen LogP contribution in [-0.4, -0.2) is 9.97 Å². The van der Waals surface area contributed by atoms with Gasteiger partial charge in [-0.3, -0.25) is 0 Å². The number of hydrogen-bond donors (Lipinski definition) is 1. The van der Waals surface area contributed by atoms with Crippen LogP contribution < -0.4 is 0 Å². The number of nitrogens with one attached hydrogen (secondary N) is 1. The van der Waals surface area contributed by atoms with Crippen LogP contribution in [0.2, 0.25) is 0 Å². The van der Waals surface area contributed by atoms with Gasteiger partial charge in [-0.1, -0.05) is 18.2 Å². The number of aryl methyl sites for hydroxylation is 1. The molecule has 2 heterocycles. The zero-order valence-electron chi connectivity index (χ0n) is 8.32. The molecule has 0 aliphatic heterocycles. The van der Waals surface area contributed by atoms with Crippen LogP contribution in [0.3, 0.4) is 0 Å². The zero-order valence-corrected chi connectivity index (χ0v) is 8.32. The number of nitrogens with zero attached hydrogens (tertiary/aromatic N) is 1. The van der Waals surface area contributed by atoms with Crippen molar-refractivity contribution in [1.29, 1.82) is 0 Å². The Bertz CT molecular complexity index is 574. The lowest BCUT2D eigenvalue weighted by molar-refractivity contribution is 0.629. The molecule has 0 aliphatic carbocycles. The van der Waals surface area contributed by atoms with E-state index >= 15 is 0 Å². The summed E-state index contributed by atoms with van der Waals surface area (Å²) in [6, 6.07) is 9.98. The van der Waals surface area contributed by atoms with Crippen LogP contribution in [0.25, 0.3) is 22.4 Å². The quantitative estimate of drug-likeness (QED) is 0.652. The van der Waals surface area contributed by atoms with Crippen LogP contribution in [0.15, 0.2) is 40.9 Å². The highest BCUT2D eigenvalue weighted by Gasteiger charge is 2.06. The van der Waals surface area contributed by atoms with Crippen LogP contribution in [0.1, 0.15) is 5.82 Å². The normalized spacial score (nSPS) is 11.0. The zero-order chi connectivity index (χ0) is 10.3. The fraction of sp³-hybridized carbons (Fsp3) is 0.0833. The Morgan fingerprint density at radius 2 is 2.13 bits per heavy atom. The molecule has 0 amide bonds. The number of aromatic nitrogens is 2. The molecule has 74 valence electrons. The minimum absolute atomic E-state index is 0.830. The molecule has 15 heavy (non-hydrogen) atoms. The number of benzene rings is 1. The predicted molar refractivity (Wildman–Crippen MR) is 58.5 cm³/mol. The summed E-state index contributed by atoms with van der Waals surface area (Å²) in [5, 5.41) is 1.11. The molecule has 0 bridgehead atoms. The second kappa shape index (κ2) is 2.98. The molecule has 0 fully saturated rings. The summed E-state index contributed by atoms with van der Waals surface area (Å²) in [6.45, 7) is 1.92. The summed E-state index contributed by atoms with van der Waals surface area (Å²) in [6.07, 6.45) is 1.78. The van der Waals surface area contributed by atoms with Gasteiger partial charge in [0.2, 0.25) is 0 Å². The fourth-order valence-electron chi connectivity index (χ4n) is 1.66. The van der Waals surface area contributed by atoms with Crippen LogP contribution in [-0.2, 0) is 0 Å². The minimum atomic E-state index is 0.830. The van der Waals surface area contributed by atoms with Gasteiger partial charge < -0.3 is 9.40 Å². The van der Waals surface area contributed by atoms with Gasteiger partial charge in [-0.2, -0.15) is 0 Å². The van der Waals surface area contributed by atoms with Crippen molar-refractivity contribution in [3.63, 3.8) is 0 Å². The SMILES string of the molecule is Cc1ncc(-c2cc3ccccc3o2)[nH]1. The van der Waals surface area contributed by atoms with E-state index in [1.165, 1.54) is 0 Å². The van der Waals surface area contributed by atoms with E-state index < -0.39 is 0 Å². The Labute approximate surface area is 86.8 Å². The Balaban J connectivity index is 2.19. The third-order valence-electron chi connectivity index (χ3n) is 2.39. The molecule has 1 aromatic carbocycles. The molecule has 3 nitrogen and oxygen atoms in total. The van der Waals surface area contributed by atoms with Crippen molar-refractivity contribution in [3.8, 4) is 11.5 Å². The van der Waals surface area contributed by atoms with E-state index in [1.54, 1.807) is 6.20 Å². The van der Waals surface area contributed by atoms with Crippen molar-refractivity contribution in [2.75, 3.05) is 0 Å². The lowest BCUT2D eigenvalue weighted by Crippen LogP contribution is -1.73. The largest absolute Gasteiger partial charge is 0.454 e. The van der Waals surface area contributed by atoms with Gasteiger partial charge in [0.15, 0.2) is 5.76 Å². The lowest BCUT2D eigenvalue weighted by atomic mass is 10.2. The summed E-state index contributed by atoms with van der Waals surface area (Å²) in [5.74, 6) is 1.72. The van der Waals surface area contributed by atoms with E-state index in [2.05, 4.69) is 9.97 Å². The number of imidazole rings is 1. The van der Waals surface area contributed by atoms with Gasteiger partial charge in [0.25, 0.3) is 0 Å². The summed E-state index contributed by atoms with van der Waals surface area (Å²) < 4.78 is 5.70. The maximum atomic E-state index is 5.70. The fourth-order valence-corrected chi connectivity index (χ4v) is 1.66. The molecule has 3 aromatic rings. The van der Waals surface area contributed by atoms with Gasteiger partial charge in [-0.15, -0.1) is 0 Å². The highest BCUT2D eigenvalue weighted by atomic mass is 16.3. The average Bonchev–Trinajstić information content (AvgIpc) is 2.82. The lowest BCUT2D eigenvalue weighted by Gasteiger charge is -1.87. The van der Waals surface area contributed by atoms with Gasteiger partial charge in [0.1, 0.15) is 17.1 Å². The molecule has 0 aliphatic rings. The summed E-state index contributed by atoms with van der Waals surface area (Å²) in [7, 11) is 0. The second-order valence-corrected chi connectivity index (χ2v) is 3.53. The van der Waals surface area contributed by atoms with E-state index in [0.29, 0.717) is 0 Å². The van der Waals surface area contributed by atoms with E-state index in [9.17, 15) is 0 Å². The predicted octanol–water partition coefficient (Wildman–Crippen LogP) is 3.13. The third kappa shape index (κ3) is 1.32. The molecule has 0 radical (unpaired) electrons. The standard InChI is InChI=1S/C12H10N2O/c1-8-13-7-10(14-8)12-6-9-4-2-3-5-11(9)15-12/h2-7H,1H3,(H,13,14). The van der Waals surface area contributed by atoms with Crippen molar-refractivity contribution < 1.29 is 4.42 Å². The van der Waals surface area contributed by atoms with Crippen LogP contribution in [0.4, 0.5) is 0 Å². The Kier molecular flexibility index (Phi) is 1.65. The van der Waals surface area contributed by atoms with Crippen molar-refractivity contribution in [1.82, 2.24) is 9.97 Å². The number of H-pyrrole nitrogens is 1. The first-order valence-corrected chi connectivity index (χ1v) is 4.83. The highest BCUT2D eigenvalue weighted by molar-refractivity contribution is 5.81. The van der Waals surface area contributed by atoms with E-state index in [-0.39, 0.29) is 0 Å². The van der Waals surface area contributed by atoms with Crippen molar-refractivity contribution in [2.24, 2.45) is 0 Å². The Morgan fingerprint density at radius 1 is 1.27 bits per heavy atom. The molecular weight excluding hydrogens is 188 g/mol. The molecular formula is C12H10N2O. The van der Waals surface area contributed by atoms with Crippen molar-refractivity contribution in [3.05, 3.63) is 42.4 Å². The second-order valence-electron chi connectivity index (χ2n) is 3.53. The Morgan fingerprint density at radius 3 is 2.87 bits per heavy atom. The van der Waals surface area contributed by atoms with E-state index in [4.69, 9.17) is 4.42 Å². The summed E-state index contributed by atoms with van der Waals surface area (Å²) >= 11 is 0.